The highest BCUT2D eigenvalue weighted by Crippen LogP contribution is 2.32. The van der Waals surface area contributed by atoms with E-state index in [-0.39, 0.29) is 28.9 Å². The van der Waals surface area contributed by atoms with Crippen LogP contribution >= 0.6 is 23.2 Å². The Kier molecular flexibility index (Phi) is 7.36. The van der Waals surface area contributed by atoms with E-state index in [4.69, 9.17) is 23.2 Å². The van der Waals surface area contributed by atoms with E-state index in [1.54, 1.807) is 6.07 Å². The van der Waals surface area contributed by atoms with Crippen molar-refractivity contribution in [2.45, 2.75) is 59.5 Å². The maximum absolute atomic E-state index is 13.1. The van der Waals surface area contributed by atoms with Crippen molar-refractivity contribution in [3.8, 4) is 0 Å². The van der Waals surface area contributed by atoms with Gasteiger partial charge in [0.15, 0.2) is 0 Å². The van der Waals surface area contributed by atoms with Gasteiger partial charge in [0.2, 0.25) is 5.91 Å². The number of halogens is 2. The summed E-state index contributed by atoms with van der Waals surface area (Å²) in [5, 5.41) is 3.26. The van der Waals surface area contributed by atoms with Crippen molar-refractivity contribution in [2.75, 3.05) is 5.32 Å². The fourth-order valence-corrected chi connectivity index (χ4v) is 2.95. The molecular weight excluding hydrogens is 335 g/mol. The van der Waals surface area contributed by atoms with Crippen LogP contribution in [0.15, 0.2) is 12.1 Å². The van der Waals surface area contributed by atoms with E-state index < -0.39 is 0 Å². The second-order valence-corrected chi connectivity index (χ2v) is 6.56. The second-order valence-electron chi connectivity index (χ2n) is 5.72. The molecule has 4 nitrogen and oxygen atoms in total. The van der Waals surface area contributed by atoms with Gasteiger partial charge in [-0.25, -0.2) is 0 Å². The standard InChI is InChI=1S/C17H24Cl2N2O2/c1-6-10(3)21(11(4)7-2)17(23)14-8-13(18)9-15(19)16(14)20-12(5)22/h8-11H,6-7H2,1-5H3,(H,20,22). The van der Waals surface area contributed by atoms with Crippen molar-refractivity contribution >= 4 is 40.7 Å². The quantitative estimate of drug-likeness (QED) is 0.778. The van der Waals surface area contributed by atoms with Crippen LogP contribution in [0.4, 0.5) is 5.69 Å². The van der Waals surface area contributed by atoms with Gasteiger partial charge in [-0.1, -0.05) is 37.0 Å². The molecule has 0 aliphatic heterocycles. The smallest absolute Gasteiger partial charge is 0.256 e. The topological polar surface area (TPSA) is 49.4 Å². The van der Waals surface area contributed by atoms with Gasteiger partial charge >= 0.3 is 0 Å². The first-order chi connectivity index (χ1) is 10.7. The summed E-state index contributed by atoms with van der Waals surface area (Å²) in [6, 6.07) is 3.21. The Hall–Kier alpha value is -1.26. The van der Waals surface area contributed by atoms with E-state index in [0.717, 1.165) is 12.8 Å². The maximum atomic E-state index is 13.1. The zero-order valence-corrected chi connectivity index (χ0v) is 15.8. The molecule has 2 atom stereocenters. The molecule has 1 N–H and O–H groups in total. The van der Waals surface area contributed by atoms with E-state index in [1.807, 2.05) is 32.6 Å². The zero-order chi connectivity index (χ0) is 17.7. The lowest BCUT2D eigenvalue weighted by Crippen LogP contribution is -2.44. The lowest BCUT2D eigenvalue weighted by Gasteiger charge is -2.34. The van der Waals surface area contributed by atoms with E-state index in [9.17, 15) is 9.59 Å². The highest BCUT2D eigenvalue weighted by molar-refractivity contribution is 6.38. The lowest BCUT2D eigenvalue weighted by atomic mass is 10.1. The average molecular weight is 359 g/mol. The molecule has 0 heterocycles. The number of hydrogen-bond donors (Lipinski definition) is 1. The van der Waals surface area contributed by atoms with Gasteiger partial charge in [0.05, 0.1) is 16.3 Å². The predicted molar refractivity (Wildman–Crippen MR) is 96.4 cm³/mol. The number of carbonyl (C=O) groups excluding carboxylic acids is 2. The first-order valence-electron chi connectivity index (χ1n) is 7.82. The van der Waals surface area contributed by atoms with Crippen LogP contribution in [0, 0.1) is 0 Å². The van der Waals surface area contributed by atoms with Crippen LogP contribution in [0.1, 0.15) is 57.8 Å². The molecule has 0 aliphatic carbocycles. The van der Waals surface area contributed by atoms with Gasteiger partial charge in [0.25, 0.3) is 5.91 Å². The number of benzene rings is 1. The molecule has 0 aromatic heterocycles. The molecule has 0 saturated heterocycles. The van der Waals surface area contributed by atoms with Gasteiger partial charge in [0.1, 0.15) is 0 Å². The fraction of sp³-hybridized carbons (Fsp3) is 0.529. The maximum Gasteiger partial charge on any atom is 0.256 e. The van der Waals surface area contributed by atoms with Gasteiger partial charge in [0, 0.05) is 24.0 Å². The zero-order valence-electron chi connectivity index (χ0n) is 14.2. The molecule has 1 rings (SSSR count). The SMILES string of the molecule is CCC(C)N(C(=O)c1cc(Cl)cc(Cl)c1NC(C)=O)C(C)CC. The third kappa shape index (κ3) is 4.85. The molecule has 0 radical (unpaired) electrons. The van der Waals surface area contributed by atoms with Crippen LogP contribution in [0.3, 0.4) is 0 Å². The average Bonchev–Trinajstić information content (AvgIpc) is 2.48. The molecule has 0 aliphatic rings. The number of carbonyl (C=O) groups is 2. The number of anilines is 1. The Morgan fingerprint density at radius 2 is 1.65 bits per heavy atom. The first-order valence-corrected chi connectivity index (χ1v) is 8.57. The minimum Gasteiger partial charge on any atom is -0.333 e. The molecule has 2 unspecified atom stereocenters. The molecule has 23 heavy (non-hydrogen) atoms. The summed E-state index contributed by atoms with van der Waals surface area (Å²) >= 11 is 12.3. The van der Waals surface area contributed by atoms with Crippen molar-refractivity contribution in [3.05, 3.63) is 27.7 Å². The van der Waals surface area contributed by atoms with E-state index in [2.05, 4.69) is 5.32 Å². The van der Waals surface area contributed by atoms with Crippen LogP contribution < -0.4 is 5.32 Å². The highest BCUT2D eigenvalue weighted by atomic mass is 35.5. The summed E-state index contributed by atoms with van der Waals surface area (Å²) in [6.07, 6.45) is 1.67. The van der Waals surface area contributed by atoms with E-state index in [0.29, 0.717) is 16.3 Å². The van der Waals surface area contributed by atoms with Crippen LogP contribution in [0.2, 0.25) is 10.0 Å². The minimum atomic E-state index is -0.290. The Morgan fingerprint density at radius 3 is 2.09 bits per heavy atom. The van der Waals surface area contributed by atoms with Crippen molar-refractivity contribution in [2.24, 2.45) is 0 Å². The molecule has 1 aromatic rings. The van der Waals surface area contributed by atoms with Crippen LogP contribution in [-0.4, -0.2) is 28.8 Å². The van der Waals surface area contributed by atoms with Crippen LogP contribution in [0.5, 0.6) is 0 Å². The summed E-state index contributed by atoms with van der Waals surface area (Å²) in [5.41, 5.74) is 0.628. The number of nitrogens with zero attached hydrogens (tertiary/aromatic N) is 1. The fourth-order valence-electron chi connectivity index (χ4n) is 2.41. The molecule has 0 fully saturated rings. The number of rotatable bonds is 6. The predicted octanol–water partition coefficient (Wildman–Crippen LogP) is 4.99. The Bertz CT molecular complexity index is 580. The van der Waals surface area contributed by atoms with Gasteiger partial charge in [-0.3, -0.25) is 9.59 Å². The molecular formula is C17H24Cl2N2O2. The van der Waals surface area contributed by atoms with Crippen LogP contribution in [0.25, 0.3) is 0 Å². The van der Waals surface area contributed by atoms with Crippen molar-refractivity contribution < 1.29 is 9.59 Å². The summed E-state index contributed by atoms with van der Waals surface area (Å²) < 4.78 is 0. The lowest BCUT2D eigenvalue weighted by molar-refractivity contribution is -0.114. The first kappa shape index (κ1) is 19.8. The Morgan fingerprint density at radius 1 is 1.13 bits per heavy atom. The summed E-state index contributed by atoms with van der Waals surface area (Å²) in [6.45, 7) is 9.46. The molecule has 6 heteroatoms. The van der Waals surface area contributed by atoms with Gasteiger partial charge in [-0.15, -0.1) is 0 Å². The summed E-state index contributed by atoms with van der Waals surface area (Å²) in [7, 11) is 0. The number of amides is 2. The van der Waals surface area contributed by atoms with Crippen molar-refractivity contribution in [1.82, 2.24) is 4.90 Å². The molecule has 1 aromatic carbocycles. The van der Waals surface area contributed by atoms with Crippen molar-refractivity contribution in [1.29, 1.82) is 0 Å². The molecule has 2 amide bonds. The van der Waals surface area contributed by atoms with Gasteiger partial charge < -0.3 is 10.2 Å². The summed E-state index contributed by atoms with van der Waals surface area (Å²) in [4.78, 5) is 26.4. The van der Waals surface area contributed by atoms with Gasteiger partial charge in [-0.05, 0) is 38.8 Å². The van der Waals surface area contributed by atoms with Crippen LogP contribution in [-0.2, 0) is 4.79 Å². The minimum absolute atomic E-state index is 0.0698. The van der Waals surface area contributed by atoms with Gasteiger partial charge in [-0.2, -0.15) is 0 Å². The monoisotopic (exact) mass is 358 g/mol. The molecule has 0 bridgehead atoms. The van der Waals surface area contributed by atoms with E-state index in [1.165, 1.54) is 13.0 Å². The molecule has 0 spiro atoms. The summed E-state index contributed by atoms with van der Waals surface area (Å²) in [5.74, 6) is -0.469. The number of nitrogens with one attached hydrogen (secondary N) is 1. The molecule has 0 saturated carbocycles. The van der Waals surface area contributed by atoms with Crippen molar-refractivity contribution in [3.63, 3.8) is 0 Å². The second kappa shape index (κ2) is 8.55. The normalized spacial score (nSPS) is 13.3. The third-order valence-corrected chi connectivity index (χ3v) is 4.47. The molecule has 128 valence electrons. The van der Waals surface area contributed by atoms with E-state index >= 15 is 0 Å². The number of hydrogen-bond acceptors (Lipinski definition) is 2. The Labute approximate surface area is 148 Å². The highest BCUT2D eigenvalue weighted by Gasteiger charge is 2.28. The third-order valence-electron chi connectivity index (χ3n) is 3.95. The Balaban J connectivity index is 3.41. The largest absolute Gasteiger partial charge is 0.333 e.